The molecule has 1 amide bonds. The monoisotopic (exact) mass is 472 g/mol. The Morgan fingerprint density at radius 2 is 1.66 bits per heavy atom. The van der Waals surface area contributed by atoms with E-state index in [-0.39, 0.29) is 18.0 Å². The van der Waals surface area contributed by atoms with Crippen LogP contribution in [0.15, 0.2) is 60.7 Å². The van der Waals surface area contributed by atoms with Gasteiger partial charge < -0.3 is 14.8 Å². The van der Waals surface area contributed by atoms with Crippen molar-refractivity contribution in [3.05, 3.63) is 94.0 Å². The number of hydrogen-bond acceptors (Lipinski definition) is 4. The topological polar surface area (TPSA) is 50.8 Å². The highest BCUT2D eigenvalue weighted by Gasteiger charge is 2.35. The maximum Gasteiger partial charge on any atom is 0.251 e. The van der Waals surface area contributed by atoms with Crippen LogP contribution in [0, 0.1) is 13.8 Å². The quantitative estimate of drug-likeness (QED) is 0.462. The molecule has 5 heteroatoms. The molecule has 0 spiro atoms. The standard InChI is InChI=1S/C30H36N2O3/c1-6-26(31-30(33)24-14-10-8-12-21(24)3)29-25-18-28(35-5)27(34-4)17-22(25)15-16-32(29)19-23-13-9-7-11-20(23)2/h7-14,17-18,26,29H,6,15-16,19H2,1-5H3,(H,31,33). The number of amides is 1. The number of aryl methyl sites for hydroxylation is 2. The lowest BCUT2D eigenvalue weighted by molar-refractivity contribution is 0.0858. The fraction of sp³-hybridized carbons (Fsp3) is 0.367. The second-order valence-electron chi connectivity index (χ2n) is 9.30. The molecule has 0 fully saturated rings. The summed E-state index contributed by atoms with van der Waals surface area (Å²) in [6, 6.07) is 20.4. The van der Waals surface area contributed by atoms with Crippen LogP contribution in [0.4, 0.5) is 0 Å². The average Bonchev–Trinajstić information content (AvgIpc) is 2.88. The smallest absolute Gasteiger partial charge is 0.251 e. The summed E-state index contributed by atoms with van der Waals surface area (Å²) in [7, 11) is 3.34. The Morgan fingerprint density at radius 3 is 2.31 bits per heavy atom. The molecule has 0 radical (unpaired) electrons. The van der Waals surface area contributed by atoms with E-state index in [0.29, 0.717) is 5.75 Å². The Bertz CT molecular complexity index is 1190. The Balaban J connectivity index is 1.74. The van der Waals surface area contributed by atoms with Crippen LogP contribution in [-0.4, -0.2) is 37.6 Å². The third kappa shape index (κ3) is 5.20. The van der Waals surface area contributed by atoms with E-state index in [1.54, 1.807) is 14.2 Å². The largest absolute Gasteiger partial charge is 0.493 e. The minimum Gasteiger partial charge on any atom is -0.493 e. The first-order valence-electron chi connectivity index (χ1n) is 12.4. The molecular weight excluding hydrogens is 436 g/mol. The molecule has 0 bridgehead atoms. The van der Waals surface area contributed by atoms with E-state index in [1.807, 2.05) is 31.2 Å². The minimum absolute atomic E-state index is 0.0103. The number of benzene rings is 3. The van der Waals surface area contributed by atoms with Crippen molar-refractivity contribution < 1.29 is 14.3 Å². The second-order valence-corrected chi connectivity index (χ2v) is 9.30. The van der Waals surface area contributed by atoms with Crippen molar-refractivity contribution in [2.75, 3.05) is 20.8 Å². The number of hydrogen-bond donors (Lipinski definition) is 1. The molecule has 2 atom stereocenters. The third-order valence-corrected chi connectivity index (χ3v) is 7.19. The molecular formula is C30H36N2O3. The molecule has 0 saturated heterocycles. The summed E-state index contributed by atoms with van der Waals surface area (Å²) in [6.45, 7) is 8.00. The number of ether oxygens (including phenoxy) is 2. The van der Waals surface area contributed by atoms with Gasteiger partial charge in [-0.05, 0) is 72.7 Å². The highest BCUT2D eigenvalue weighted by molar-refractivity contribution is 5.95. The lowest BCUT2D eigenvalue weighted by Gasteiger charge is -2.42. The van der Waals surface area contributed by atoms with Gasteiger partial charge in [0, 0.05) is 24.7 Å². The van der Waals surface area contributed by atoms with Gasteiger partial charge in [-0.3, -0.25) is 9.69 Å². The van der Waals surface area contributed by atoms with Crippen LogP contribution in [0.5, 0.6) is 11.5 Å². The maximum atomic E-state index is 13.4. The Labute approximate surface area is 209 Å². The number of nitrogens with one attached hydrogen (secondary N) is 1. The lowest BCUT2D eigenvalue weighted by Crippen LogP contribution is -2.48. The molecule has 1 N–H and O–H groups in total. The molecule has 1 heterocycles. The average molecular weight is 473 g/mol. The number of carbonyl (C=O) groups excluding carboxylic acids is 1. The van der Waals surface area contributed by atoms with Gasteiger partial charge in [0.1, 0.15) is 0 Å². The van der Waals surface area contributed by atoms with Gasteiger partial charge in [-0.25, -0.2) is 0 Å². The molecule has 3 aromatic rings. The molecule has 3 aromatic carbocycles. The number of fused-ring (bicyclic) bond motifs is 1. The predicted octanol–water partition coefficient (Wildman–Crippen LogP) is 5.63. The van der Waals surface area contributed by atoms with Gasteiger partial charge in [0.2, 0.25) is 0 Å². The summed E-state index contributed by atoms with van der Waals surface area (Å²) in [5, 5.41) is 3.38. The summed E-state index contributed by atoms with van der Waals surface area (Å²) in [6.07, 6.45) is 1.72. The van der Waals surface area contributed by atoms with Crippen LogP contribution >= 0.6 is 0 Å². The van der Waals surface area contributed by atoms with E-state index in [2.05, 4.69) is 60.5 Å². The van der Waals surface area contributed by atoms with Crippen LogP contribution in [0.2, 0.25) is 0 Å². The van der Waals surface area contributed by atoms with Crippen molar-refractivity contribution in [1.82, 2.24) is 10.2 Å². The first-order chi connectivity index (χ1) is 17.0. The van der Waals surface area contributed by atoms with E-state index in [1.165, 1.54) is 22.3 Å². The van der Waals surface area contributed by atoms with Gasteiger partial charge in [-0.15, -0.1) is 0 Å². The second kappa shape index (κ2) is 11.0. The lowest BCUT2D eigenvalue weighted by atomic mass is 9.86. The minimum atomic E-state index is -0.0664. The predicted molar refractivity (Wildman–Crippen MR) is 140 cm³/mol. The normalized spacial score (nSPS) is 16.3. The molecule has 1 aliphatic rings. The van der Waals surface area contributed by atoms with E-state index in [9.17, 15) is 4.79 Å². The van der Waals surface area contributed by atoms with Gasteiger partial charge >= 0.3 is 0 Å². The van der Waals surface area contributed by atoms with Gasteiger partial charge in [0.15, 0.2) is 11.5 Å². The summed E-state index contributed by atoms with van der Waals surface area (Å²) in [4.78, 5) is 15.9. The molecule has 0 aromatic heterocycles. The van der Waals surface area contributed by atoms with Gasteiger partial charge in [-0.1, -0.05) is 49.4 Å². The van der Waals surface area contributed by atoms with Gasteiger partial charge in [-0.2, -0.15) is 0 Å². The number of methoxy groups -OCH3 is 2. The summed E-state index contributed by atoms with van der Waals surface area (Å²) in [5.41, 5.74) is 6.73. The van der Waals surface area contributed by atoms with Crippen molar-refractivity contribution in [2.45, 2.75) is 52.2 Å². The van der Waals surface area contributed by atoms with Crippen LogP contribution in [0.1, 0.15) is 57.6 Å². The number of rotatable bonds is 8. The fourth-order valence-corrected chi connectivity index (χ4v) is 5.16. The van der Waals surface area contributed by atoms with E-state index >= 15 is 0 Å². The van der Waals surface area contributed by atoms with E-state index in [4.69, 9.17) is 9.47 Å². The van der Waals surface area contributed by atoms with Gasteiger partial charge in [0.25, 0.3) is 5.91 Å². The first-order valence-corrected chi connectivity index (χ1v) is 12.4. The zero-order chi connectivity index (χ0) is 24.9. The van der Waals surface area contributed by atoms with Crippen LogP contribution in [0.3, 0.4) is 0 Å². The molecule has 2 unspecified atom stereocenters. The Kier molecular flexibility index (Phi) is 7.76. The van der Waals surface area contributed by atoms with Crippen LogP contribution in [0.25, 0.3) is 0 Å². The summed E-state index contributed by atoms with van der Waals surface area (Å²) >= 11 is 0. The summed E-state index contributed by atoms with van der Waals surface area (Å²) in [5.74, 6) is 1.43. The fourth-order valence-electron chi connectivity index (χ4n) is 5.16. The van der Waals surface area contributed by atoms with Crippen molar-refractivity contribution >= 4 is 5.91 Å². The van der Waals surface area contributed by atoms with Crippen molar-refractivity contribution in [2.24, 2.45) is 0 Å². The molecule has 5 nitrogen and oxygen atoms in total. The Hall–Kier alpha value is -3.31. The molecule has 1 aliphatic heterocycles. The maximum absolute atomic E-state index is 13.4. The highest BCUT2D eigenvalue weighted by atomic mass is 16.5. The zero-order valence-corrected chi connectivity index (χ0v) is 21.4. The van der Waals surface area contributed by atoms with E-state index in [0.717, 1.165) is 42.8 Å². The van der Waals surface area contributed by atoms with Crippen molar-refractivity contribution in [3.8, 4) is 11.5 Å². The van der Waals surface area contributed by atoms with Crippen molar-refractivity contribution in [3.63, 3.8) is 0 Å². The van der Waals surface area contributed by atoms with Gasteiger partial charge in [0.05, 0.1) is 20.3 Å². The molecule has 4 rings (SSSR count). The molecule has 184 valence electrons. The van der Waals surface area contributed by atoms with Crippen molar-refractivity contribution in [1.29, 1.82) is 0 Å². The first kappa shape index (κ1) is 24.8. The van der Waals surface area contributed by atoms with E-state index < -0.39 is 0 Å². The van der Waals surface area contributed by atoms with Crippen LogP contribution in [-0.2, 0) is 13.0 Å². The highest BCUT2D eigenvalue weighted by Crippen LogP contribution is 2.41. The summed E-state index contributed by atoms with van der Waals surface area (Å²) < 4.78 is 11.3. The zero-order valence-electron chi connectivity index (χ0n) is 21.4. The Morgan fingerprint density at radius 1 is 1.00 bits per heavy atom. The molecule has 0 saturated carbocycles. The number of carbonyl (C=O) groups is 1. The van der Waals surface area contributed by atoms with Crippen LogP contribution < -0.4 is 14.8 Å². The SMILES string of the molecule is CCC(NC(=O)c1ccccc1C)C1c2cc(OC)c(OC)cc2CCN1Cc1ccccc1C. The molecule has 0 aliphatic carbocycles. The third-order valence-electron chi connectivity index (χ3n) is 7.19. The number of nitrogens with zero attached hydrogens (tertiary/aromatic N) is 1. The molecule has 35 heavy (non-hydrogen) atoms.